The Morgan fingerprint density at radius 1 is 1.18 bits per heavy atom. The summed E-state index contributed by atoms with van der Waals surface area (Å²) < 4.78 is 5.79. The molecule has 0 aliphatic rings. The molecule has 1 aromatic rings. The standard InChI is InChI=1S/C14H21ClO2/c1-4-14(5-2,17-6-3)13(16)11-7-9-12(15)10-8-11/h7-10,13,16H,4-6H2,1-3H3. The Balaban J connectivity index is 2.98. The van der Waals surface area contributed by atoms with Gasteiger partial charge in [0.2, 0.25) is 0 Å². The van der Waals surface area contributed by atoms with E-state index in [4.69, 9.17) is 16.3 Å². The molecular weight excluding hydrogens is 236 g/mol. The van der Waals surface area contributed by atoms with Crippen LogP contribution in [-0.2, 0) is 4.74 Å². The minimum Gasteiger partial charge on any atom is -0.385 e. The molecule has 1 unspecified atom stereocenters. The second-order valence-corrected chi connectivity index (χ2v) is 4.60. The van der Waals surface area contributed by atoms with Gasteiger partial charge >= 0.3 is 0 Å². The third-order valence-corrected chi connectivity index (χ3v) is 3.56. The number of hydrogen-bond donors (Lipinski definition) is 1. The van der Waals surface area contributed by atoms with Crippen LogP contribution >= 0.6 is 11.6 Å². The Bertz CT molecular complexity index is 331. The van der Waals surface area contributed by atoms with Crippen molar-refractivity contribution in [3.8, 4) is 0 Å². The first-order chi connectivity index (χ1) is 8.09. The average Bonchev–Trinajstić information content (AvgIpc) is 2.36. The van der Waals surface area contributed by atoms with Crippen molar-refractivity contribution >= 4 is 11.6 Å². The molecule has 0 aliphatic carbocycles. The van der Waals surface area contributed by atoms with Crippen LogP contribution < -0.4 is 0 Å². The topological polar surface area (TPSA) is 29.5 Å². The maximum Gasteiger partial charge on any atom is 0.108 e. The predicted octanol–water partition coefficient (Wildman–Crippen LogP) is 3.97. The number of halogens is 1. The first-order valence-corrected chi connectivity index (χ1v) is 6.55. The van der Waals surface area contributed by atoms with E-state index < -0.39 is 11.7 Å². The van der Waals surface area contributed by atoms with E-state index >= 15 is 0 Å². The summed E-state index contributed by atoms with van der Waals surface area (Å²) in [7, 11) is 0. The summed E-state index contributed by atoms with van der Waals surface area (Å²) in [6.45, 7) is 6.64. The van der Waals surface area contributed by atoms with Gasteiger partial charge < -0.3 is 9.84 Å². The molecule has 3 heteroatoms. The van der Waals surface area contributed by atoms with Crippen LogP contribution in [0.2, 0.25) is 5.02 Å². The summed E-state index contributed by atoms with van der Waals surface area (Å²) >= 11 is 5.85. The lowest BCUT2D eigenvalue weighted by Crippen LogP contribution is -2.38. The van der Waals surface area contributed by atoms with Crippen molar-refractivity contribution in [2.45, 2.75) is 45.3 Å². The fourth-order valence-electron chi connectivity index (χ4n) is 2.16. The SMILES string of the molecule is CCOC(CC)(CC)C(O)c1ccc(Cl)cc1. The molecule has 0 aliphatic heterocycles. The van der Waals surface area contributed by atoms with Crippen molar-refractivity contribution in [3.63, 3.8) is 0 Å². The summed E-state index contributed by atoms with van der Waals surface area (Å²) in [6, 6.07) is 7.29. The van der Waals surface area contributed by atoms with E-state index in [0.29, 0.717) is 11.6 Å². The highest BCUT2D eigenvalue weighted by Gasteiger charge is 2.36. The lowest BCUT2D eigenvalue weighted by atomic mass is 9.86. The van der Waals surface area contributed by atoms with Crippen molar-refractivity contribution in [2.75, 3.05) is 6.61 Å². The van der Waals surface area contributed by atoms with E-state index in [1.165, 1.54) is 0 Å². The molecule has 0 fully saturated rings. The molecule has 96 valence electrons. The quantitative estimate of drug-likeness (QED) is 0.835. The molecule has 2 nitrogen and oxygen atoms in total. The van der Waals surface area contributed by atoms with E-state index in [1.807, 2.05) is 32.9 Å². The molecule has 1 atom stereocenters. The molecule has 0 amide bonds. The van der Waals surface area contributed by atoms with Gasteiger partial charge in [0.25, 0.3) is 0 Å². The molecule has 0 aromatic heterocycles. The van der Waals surface area contributed by atoms with Crippen molar-refractivity contribution in [1.82, 2.24) is 0 Å². The number of ether oxygens (including phenoxy) is 1. The molecule has 17 heavy (non-hydrogen) atoms. The lowest BCUT2D eigenvalue weighted by Gasteiger charge is -2.36. The van der Waals surface area contributed by atoms with Crippen molar-refractivity contribution in [3.05, 3.63) is 34.9 Å². The third kappa shape index (κ3) is 3.21. The van der Waals surface area contributed by atoms with Crippen molar-refractivity contribution < 1.29 is 9.84 Å². The minimum absolute atomic E-state index is 0.497. The number of benzene rings is 1. The van der Waals surface area contributed by atoms with Crippen LogP contribution in [0.4, 0.5) is 0 Å². The van der Waals surface area contributed by atoms with Crippen LogP contribution in [0, 0.1) is 0 Å². The van der Waals surface area contributed by atoms with Crippen molar-refractivity contribution in [2.24, 2.45) is 0 Å². The van der Waals surface area contributed by atoms with Crippen molar-refractivity contribution in [1.29, 1.82) is 0 Å². The molecule has 0 spiro atoms. The summed E-state index contributed by atoms with van der Waals surface area (Å²) in [4.78, 5) is 0. The summed E-state index contributed by atoms with van der Waals surface area (Å²) in [5.41, 5.74) is 0.356. The lowest BCUT2D eigenvalue weighted by molar-refractivity contribution is -0.127. The fourth-order valence-corrected chi connectivity index (χ4v) is 2.28. The van der Waals surface area contributed by atoms with Crippen LogP contribution in [-0.4, -0.2) is 17.3 Å². The van der Waals surface area contributed by atoms with E-state index in [0.717, 1.165) is 18.4 Å². The summed E-state index contributed by atoms with van der Waals surface area (Å²) in [5.74, 6) is 0. The Hall–Kier alpha value is -0.570. The summed E-state index contributed by atoms with van der Waals surface area (Å²) in [5, 5.41) is 11.2. The molecule has 0 saturated heterocycles. The van der Waals surface area contributed by atoms with E-state index in [1.54, 1.807) is 12.1 Å². The Morgan fingerprint density at radius 3 is 2.12 bits per heavy atom. The van der Waals surface area contributed by atoms with Gasteiger partial charge in [-0.2, -0.15) is 0 Å². The average molecular weight is 257 g/mol. The van der Waals surface area contributed by atoms with Gasteiger partial charge in [-0.05, 0) is 37.5 Å². The van der Waals surface area contributed by atoms with Crippen LogP contribution in [0.25, 0.3) is 0 Å². The predicted molar refractivity (Wildman–Crippen MR) is 71.4 cm³/mol. The van der Waals surface area contributed by atoms with E-state index in [-0.39, 0.29) is 0 Å². The third-order valence-electron chi connectivity index (χ3n) is 3.31. The van der Waals surface area contributed by atoms with Gasteiger partial charge in [-0.1, -0.05) is 37.6 Å². The van der Waals surface area contributed by atoms with Crippen LogP contribution in [0.15, 0.2) is 24.3 Å². The van der Waals surface area contributed by atoms with Gasteiger partial charge in [0.05, 0.1) is 5.60 Å². The summed E-state index contributed by atoms with van der Waals surface area (Å²) in [6.07, 6.45) is 0.942. The monoisotopic (exact) mass is 256 g/mol. The zero-order chi connectivity index (χ0) is 12.9. The first kappa shape index (κ1) is 14.5. The smallest absolute Gasteiger partial charge is 0.108 e. The normalized spacial score (nSPS) is 13.7. The van der Waals surface area contributed by atoms with Gasteiger partial charge in [0.15, 0.2) is 0 Å². The molecular formula is C14H21ClO2. The Morgan fingerprint density at radius 2 is 1.71 bits per heavy atom. The maximum absolute atomic E-state index is 10.5. The molecule has 0 radical (unpaired) electrons. The molecule has 1 aromatic carbocycles. The number of rotatable bonds is 6. The number of aliphatic hydroxyl groups is 1. The van der Waals surface area contributed by atoms with Crippen LogP contribution in [0.3, 0.4) is 0 Å². The zero-order valence-corrected chi connectivity index (χ0v) is 11.5. The molecule has 0 bridgehead atoms. The van der Waals surface area contributed by atoms with Gasteiger partial charge in [-0.3, -0.25) is 0 Å². The second-order valence-electron chi connectivity index (χ2n) is 4.16. The highest BCUT2D eigenvalue weighted by atomic mass is 35.5. The zero-order valence-electron chi connectivity index (χ0n) is 10.7. The van der Waals surface area contributed by atoms with Gasteiger partial charge in [0.1, 0.15) is 6.10 Å². The largest absolute Gasteiger partial charge is 0.385 e. The van der Waals surface area contributed by atoms with Gasteiger partial charge in [0, 0.05) is 11.6 Å². The van der Waals surface area contributed by atoms with Gasteiger partial charge in [-0.25, -0.2) is 0 Å². The minimum atomic E-state index is -0.616. The second kappa shape index (κ2) is 6.39. The number of aliphatic hydroxyl groups excluding tert-OH is 1. The highest BCUT2D eigenvalue weighted by Crippen LogP contribution is 2.35. The molecule has 1 rings (SSSR count). The molecule has 0 saturated carbocycles. The molecule has 0 heterocycles. The highest BCUT2D eigenvalue weighted by molar-refractivity contribution is 6.30. The van der Waals surface area contributed by atoms with E-state index in [9.17, 15) is 5.11 Å². The number of hydrogen-bond acceptors (Lipinski definition) is 2. The first-order valence-electron chi connectivity index (χ1n) is 6.17. The molecule has 1 N–H and O–H groups in total. The maximum atomic E-state index is 10.5. The van der Waals surface area contributed by atoms with E-state index in [2.05, 4.69) is 0 Å². The Labute approximate surface area is 109 Å². The van der Waals surface area contributed by atoms with Gasteiger partial charge in [-0.15, -0.1) is 0 Å². The fraction of sp³-hybridized carbons (Fsp3) is 0.571. The van der Waals surface area contributed by atoms with Crippen LogP contribution in [0.5, 0.6) is 0 Å². The van der Waals surface area contributed by atoms with Crippen LogP contribution in [0.1, 0.15) is 45.3 Å². The Kier molecular flexibility index (Phi) is 5.44.